The van der Waals surface area contributed by atoms with Gasteiger partial charge in [-0.2, -0.15) is 0 Å². The monoisotopic (exact) mass is 342 g/mol. The Hall–Kier alpha value is -1.27. The summed E-state index contributed by atoms with van der Waals surface area (Å²) in [5.41, 5.74) is 0.705. The summed E-state index contributed by atoms with van der Waals surface area (Å²) in [5, 5.41) is 12.4. The van der Waals surface area contributed by atoms with Gasteiger partial charge in [-0.1, -0.05) is 0 Å². The molecular weight excluding hydrogens is 324 g/mol. The van der Waals surface area contributed by atoms with Gasteiger partial charge in [0.1, 0.15) is 5.75 Å². The third kappa shape index (κ3) is 3.43. The van der Waals surface area contributed by atoms with Crippen LogP contribution in [0.5, 0.6) is 5.75 Å². The van der Waals surface area contributed by atoms with E-state index in [9.17, 15) is 9.90 Å². The molecule has 1 aliphatic heterocycles. The van der Waals surface area contributed by atoms with Gasteiger partial charge in [-0.25, -0.2) is 4.79 Å². The molecule has 0 radical (unpaired) electrons. The molecule has 5 nitrogen and oxygen atoms in total. The first-order valence-corrected chi connectivity index (χ1v) is 7.38. The van der Waals surface area contributed by atoms with Crippen molar-refractivity contribution in [3.05, 3.63) is 22.7 Å². The van der Waals surface area contributed by atoms with Crippen molar-refractivity contribution < 1.29 is 14.6 Å². The van der Waals surface area contributed by atoms with Gasteiger partial charge in [-0.05, 0) is 47.5 Å². The standard InChI is InChI=1S/C14H19BrN2O3/c1-9(18)10-5-6-17(8-10)14(19)16-13-4-3-11(20-2)7-12(13)15/h3-4,7,9-10,18H,5-6,8H2,1-2H3,(H,16,19)/t9-,10+/m1/s1. The number of aliphatic hydroxyl groups excluding tert-OH is 1. The average Bonchev–Trinajstić information content (AvgIpc) is 2.91. The summed E-state index contributed by atoms with van der Waals surface area (Å²) in [6.07, 6.45) is 0.468. The number of hydrogen-bond donors (Lipinski definition) is 2. The fourth-order valence-electron chi connectivity index (χ4n) is 2.28. The van der Waals surface area contributed by atoms with Crippen LogP contribution in [0.1, 0.15) is 13.3 Å². The first-order valence-electron chi connectivity index (χ1n) is 6.58. The van der Waals surface area contributed by atoms with Crippen molar-refractivity contribution in [1.82, 2.24) is 4.90 Å². The molecule has 1 saturated heterocycles. The molecule has 2 amide bonds. The van der Waals surface area contributed by atoms with Gasteiger partial charge in [-0.3, -0.25) is 0 Å². The lowest BCUT2D eigenvalue weighted by molar-refractivity contribution is 0.130. The molecule has 2 N–H and O–H groups in total. The van der Waals surface area contributed by atoms with Crippen molar-refractivity contribution in [2.45, 2.75) is 19.4 Å². The molecule has 1 heterocycles. The van der Waals surface area contributed by atoms with E-state index < -0.39 is 0 Å². The van der Waals surface area contributed by atoms with Crippen molar-refractivity contribution in [2.24, 2.45) is 5.92 Å². The number of urea groups is 1. The van der Waals surface area contributed by atoms with Gasteiger partial charge < -0.3 is 20.1 Å². The molecule has 2 atom stereocenters. The van der Waals surface area contributed by atoms with Crippen LogP contribution >= 0.6 is 15.9 Å². The van der Waals surface area contributed by atoms with Gasteiger partial charge >= 0.3 is 6.03 Å². The normalized spacial score (nSPS) is 19.8. The summed E-state index contributed by atoms with van der Waals surface area (Å²) in [4.78, 5) is 13.9. The first-order chi connectivity index (χ1) is 9.51. The zero-order chi connectivity index (χ0) is 14.7. The molecule has 0 saturated carbocycles. The Kier molecular flexibility index (Phi) is 4.88. The molecule has 1 aromatic carbocycles. The van der Waals surface area contributed by atoms with E-state index in [4.69, 9.17) is 4.74 Å². The number of likely N-dealkylation sites (tertiary alicyclic amines) is 1. The van der Waals surface area contributed by atoms with Crippen LogP contribution in [0.25, 0.3) is 0 Å². The van der Waals surface area contributed by atoms with E-state index >= 15 is 0 Å². The Labute approximate surface area is 127 Å². The Balaban J connectivity index is 1.98. The van der Waals surface area contributed by atoms with Gasteiger partial charge in [0.25, 0.3) is 0 Å². The number of methoxy groups -OCH3 is 1. The fourth-order valence-corrected chi connectivity index (χ4v) is 2.74. The van der Waals surface area contributed by atoms with E-state index in [-0.39, 0.29) is 18.1 Å². The second-order valence-corrected chi connectivity index (χ2v) is 5.87. The molecule has 0 aromatic heterocycles. The summed E-state index contributed by atoms with van der Waals surface area (Å²) in [6.45, 7) is 3.04. The van der Waals surface area contributed by atoms with Gasteiger partial charge in [0.2, 0.25) is 0 Å². The SMILES string of the molecule is COc1ccc(NC(=O)N2CC[C@H]([C@@H](C)O)C2)c(Br)c1. The first kappa shape index (κ1) is 15.1. The minimum Gasteiger partial charge on any atom is -0.497 e. The van der Waals surface area contributed by atoms with E-state index in [0.29, 0.717) is 18.8 Å². The number of hydrogen-bond acceptors (Lipinski definition) is 3. The molecular formula is C14H19BrN2O3. The number of ether oxygens (including phenoxy) is 1. The van der Waals surface area contributed by atoms with Crippen molar-refractivity contribution in [1.29, 1.82) is 0 Å². The maximum absolute atomic E-state index is 12.2. The summed E-state index contributed by atoms with van der Waals surface area (Å²) in [5.74, 6) is 0.894. The number of amides is 2. The highest BCUT2D eigenvalue weighted by atomic mass is 79.9. The number of carbonyl (C=O) groups excluding carboxylic acids is 1. The number of nitrogens with zero attached hydrogens (tertiary/aromatic N) is 1. The highest BCUT2D eigenvalue weighted by Gasteiger charge is 2.29. The van der Waals surface area contributed by atoms with Crippen LogP contribution in [0.15, 0.2) is 22.7 Å². The topological polar surface area (TPSA) is 61.8 Å². The zero-order valence-electron chi connectivity index (χ0n) is 11.6. The van der Waals surface area contributed by atoms with E-state index in [1.54, 1.807) is 37.1 Å². The lowest BCUT2D eigenvalue weighted by Gasteiger charge is -2.19. The summed E-state index contributed by atoms with van der Waals surface area (Å²) in [7, 11) is 1.60. The maximum atomic E-state index is 12.2. The molecule has 1 fully saturated rings. The molecule has 0 bridgehead atoms. The Bertz CT molecular complexity index is 493. The quantitative estimate of drug-likeness (QED) is 0.887. The fraction of sp³-hybridized carbons (Fsp3) is 0.500. The summed E-state index contributed by atoms with van der Waals surface area (Å²) < 4.78 is 5.89. The molecule has 2 rings (SSSR count). The second-order valence-electron chi connectivity index (χ2n) is 5.01. The Morgan fingerprint density at radius 1 is 1.60 bits per heavy atom. The second kappa shape index (κ2) is 6.45. The molecule has 1 aliphatic rings. The number of nitrogens with one attached hydrogen (secondary N) is 1. The molecule has 110 valence electrons. The van der Waals surface area contributed by atoms with E-state index in [0.717, 1.165) is 16.6 Å². The Morgan fingerprint density at radius 2 is 2.35 bits per heavy atom. The molecule has 1 aromatic rings. The van der Waals surface area contributed by atoms with Gasteiger partial charge in [0.15, 0.2) is 0 Å². The summed E-state index contributed by atoms with van der Waals surface area (Å²) >= 11 is 3.41. The molecule has 0 spiro atoms. The van der Waals surface area contributed by atoms with Crippen molar-refractivity contribution >= 4 is 27.6 Å². The summed E-state index contributed by atoms with van der Waals surface area (Å²) in [6, 6.07) is 5.25. The number of halogens is 1. The van der Waals surface area contributed by atoms with Crippen molar-refractivity contribution in [2.75, 3.05) is 25.5 Å². The third-order valence-corrected chi connectivity index (χ3v) is 4.27. The highest BCUT2D eigenvalue weighted by molar-refractivity contribution is 9.10. The average molecular weight is 343 g/mol. The predicted octanol–water partition coefficient (Wildman–Crippen LogP) is 2.69. The number of carbonyl (C=O) groups is 1. The maximum Gasteiger partial charge on any atom is 0.321 e. The molecule has 6 heteroatoms. The molecule has 20 heavy (non-hydrogen) atoms. The van der Waals surface area contributed by atoms with Crippen LogP contribution in [-0.2, 0) is 0 Å². The van der Waals surface area contributed by atoms with Crippen LogP contribution in [0, 0.1) is 5.92 Å². The van der Waals surface area contributed by atoms with E-state index in [1.165, 1.54) is 0 Å². The van der Waals surface area contributed by atoms with E-state index in [1.807, 2.05) is 0 Å². The number of benzene rings is 1. The predicted molar refractivity (Wildman–Crippen MR) is 81.1 cm³/mol. The molecule has 0 unspecified atom stereocenters. The lowest BCUT2D eigenvalue weighted by atomic mass is 10.0. The van der Waals surface area contributed by atoms with Crippen LogP contribution < -0.4 is 10.1 Å². The largest absolute Gasteiger partial charge is 0.497 e. The van der Waals surface area contributed by atoms with Crippen LogP contribution in [0.3, 0.4) is 0 Å². The number of rotatable bonds is 3. The number of anilines is 1. The Morgan fingerprint density at radius 3 is 2.90 bits per heavy atom. The minimum absolute atomic E-state index is 0.140. The zero-order valence-corrected chi connectivity index (χ0v) is 13.2. The minimum atomic E-state index is -0.375. The van der Waals surface area contributed by atoms with Gasteiger partial charge in [0, 0.05) is 23.5 Å². The van der Waals surface area contributed by atoms with Crippen LogP contribution in [-0.4, -0.2) is 42.3 Å². The molecule has 0 aliphatic carbocycles. The number of aliphatic hydroxyl groups is 1. The van der Waals surface area contributed by atoms with Gasteiger partial charge in [-0.15, -0.1) is 0 Å². The van der Waals surface area contributed by atoms with Crippen molar-refractivity contribution in [3.63, 3.8) is 0 Å². The van der Waals surface area contributed by atoms with E-state index in [2.05, 4.69) is 21.2 Å². The van der Waals surface area contributed by atoms with Crippen molar-refractivity contribution in [3.8, 4) is 5.75 Å². The highest BCUT2D eigenvalue weighted by Crippen LogP contribution is 2.28. The van der Waals surface area contributed by atoms with Gasteiger partial charge in [0.05, 0.1) is 18.9 Å². The third-order valence-electron chi connectivity index (χ3n) is 3.61. The lowest BCUT2D eigenvalue weighted by Crippen LogP contribution is -2.34. The smallest absolute Gasteiger partial charge is 0.321 e. The van der Waals surface area contributed by atoms with Crippen LogP contribution in [0.4, 0.5) is 10.5 Å². The van der Waals surface area contributed by atoms with Crippen LogP contribution in [0.2, 0.25) is 0 Å².